The first-order valence-corrected chi connectivity index (χ1v) is 7.23. The number of aryl methyl sites for hydroxylation is 3. The Hall–Kier alpha value is -0.820. The summed E-state index contributed by atoms with van der Waals surface area (Å²) in [5.41, 5.74) is 6.23. The van der Waals surface area contributed by atoms with Gasteiger partial charge in [-0.1, -0.05) is 37.5 Å². The first kappa shape index (κ1) is 13.6. The summed E-state index contributed by atoms with van der Waals surface area (Å²) in [7, 11) is 2.12. The highest BCUT2D eigenvalue weighted by Crippen LogP contribution is 2.48. The van der Waals surface area contributed by atoms with Crippen LogP contribution in [0.15, 0.2) is 12.1 Å². The molecular weight excluding hydrogens is 218 g/mol. The Morgan fingerprint density at radius 1 is 1.06 bits per heavy atom. The lowest BCUT2D eigenvalue weighted by Crippen LogP contribution is -2.33. The Morgan fingerprint density at radius 2 is 1.56 bits per heavy atom. The molecule has 1 N–H and O–H groups in total. The molecule has 0 aliphatic heterocycles. The van der Waals surface area contributed by atoms with Crippen LogP contribution < -0.4 is 5.32 Å². The molecule has 1 unspecified atom stereocenters. The van der Waals surface area contributed by atoms with Crippen molar-refractivity contribution in [3.63, 3.8) is 0 Å². The van der Waals surface area contributed by atoms with E-state index in [1.165, 1.54) is 47.9 Å². The lowest BCUT2D eigenvalue weighted by molar-refractivity contribution is 0.232. The molecular formula is C17H27N. The molecule has 2 rings (SSSR count). The van der Waals surface area contributed by atoms with E-state index in [0.717, 1.165) is 0 Å². The molecule has 1 atom stereocenters. The van der Waals surface area contributed by atoms with Crippen LogP contribution in [0.1, 0.15) is 60.9 Å². The van der Waals surface area contributed by atoms with E-state index in [1.54, 1.807) is 0 Å². The fourth-order valence-electron chi connectivity index (χ4n) is 3.96. The van der Waals surface area contributed by atoms with Crippen LogP contribution in [0, 0.1) is 26.2 Å². The molecule has 1 aromatic rings. The van der Waals surface area contributed by atoms with Gasteiger partial charge < -0.3 is 5.32 Å². The third kappa shape index (κ3) is 2.33. The molecule has 100 valence electrons. The minimum atomic E-state index is 0.430. The van der Waals surface area contributed by atoms with E-state index in [4.69, 9.17) is 0 Å². The second kappa shape index (κ2) is 5.05. The van der Waals surface area contributed by atoms with Gasteiger partial charge in [0.25, 0.3) is 0 Å². The summed E-state index contributed by atoms with van der Waals surface area (Å²) in [5, 5.41) is 3.60. The number of benzene rings is 1. The first-order chi connectivity index (χ1) is 8.48. The van der Waals surface area contributed by atoms with Gasteiger partial charge in [-0.05, 0) is 62.8 Å². The summed E-state index contributed by atoms with van der Waals surface area (Å²) in [5.74, 6) is 0. The van der Waals surface area contributed by atoms with Crippen molar-refractivity contribution in [3.8, 4) is 0 Å². The lowest BCUT2D eigenvalue weighted by atomic mass is 9.75. The summed E-state index contributed by atoms with van der Waals surface area (Å²) in [6, 6.07) is 5.15. The van der Waals surface area contributed by atoms with Gasteiger partial charge in [-0.15, -0.1) is 0 Å². The normalized spacial score (nSPS) is 20.1. The Labute approximate surface area is 112 Å². The molecule has 0 radical (unpaired) electrons. The van der Waals surface area contributed by atoms with E-state index in [0.29, 0.717) is 11.5 Å². The van der Waals surface area contributed by atoms with Crippen LogP contribution in [-0.4, -0.2) is 7.05 Å². The zero-order valence-corrected chi connectivity index (χ0v) is 12.6. The van der Waals surface area contributed by atoms with Gasteiger partial charge >= 0.3 is 0 Å². The monoisotopic (exact) mass is 245 g/mol. The Bertz CT molecular complexity index is 404. The maximum absolute atomic E-state index is 3.60. The van der Waals surface area contributed by atoms with Gasteiger partial charge in [-0.2, -0.15) is 0 Å². The van der Waals surface area contributed by atoms with Gasteiger partial charge in [0.05, 0.1) is 0 Å². The topological polar surface area (TPSA) is 12.0 Å². The standard InChI is InChI=1S/C17H27N/c1-12-10-13(2)15(14(3)11-12)16(18-5)17(4)8-6-7-9-17/h10-11,16,18H,6-9H2,1-5H3. The van der Waals surface area contributed by atoms with Gasteiger partial charge in [0.15, 0.2) is 0 Å². The Morgan fingerprint density at radius 3 is 2.00 bits per heavy atom. The zero-order chi connectivity index (χ0) is 13.3. The third-order valence-corrected chi connectivity index (χ3v) is 4.76. The molecule has 1 fully saturated rings. The van der Waals surface area contributed by atoms with E-state index >= 15 is 0 Å². The third-order valence-electron chi connectivity index (χ3n) is 4.76. The van der Waals surface area contributed by atoms with Crippen molar-refractivity contribution in [1.29, 1.82) is 0 Å². The smallest absolute Gasteiger partial charge is 0.0377 e. The van der Waals surface area contributed by atoms with Crippen LogP contribution in [0.5, 0.6) is 0 Å². The minimum Gasteiger partial charge on any atom is -0.313 e. The van der Waals surface area contributed by atoms with Crippen molar-refractivity contribution in [2.75, 3.05) is 7.05 Å². The maximum atomic E-state index is 3.60. The van der Waals surface area contributed by atoms with Crippen LogP contribution in [0.2, 0.25) is 0 Å². The molecule has 18 heavy (non-hydrogen) atoms. The minimum absolute atomic E-state index is 0.430. The van der Waals surface area contributed by atoms with Crippen molar-refractivity contribution in [1.82, 2.24) is 5.32 Å². The zero-order valence-electron chi connectivity index (χ0n) is 12.6. The highest BCUT2D eigenvalue weighted by atomic mass is 14.9. The van der Waals surface area contributed by atoms with Gasteiger partial charge in [0, 0.05) is 6.04 Å². The molecule has 0 amide bonds. The van der Waals surface area contributed by atoms with Crippen LogP contribution in [-0.2, 0) is 0 Å². The molecule has 1 heteroatoms. The molecule has 0 aromatic heterocycles. The SMILES string of the molecule is CNC(c1c(C)cc(C)cc1C)C1(C)CCCC1. The summed E-state index contributed by atoms with van der Waals surface area (Å²) in [4.78, 5) is 0. The average molecular weight is 245 g/mol. The molecule has 0 spiro atoms. The number of hydrogen-bond donors (Lipinski definition) is 1. The predicted molar refractivity (Wildman–Crippen MR) is 79.0 cm³/mol. The van der Waals surface area contributed by atoms with Crippen molar-refractivity contribution >= 4 is 0 Å². The van der Waals surface area contributed by atoms with Gasteiger partial charge in [0.2, 0.25) is 0 Å². The van der Waals surface area contributed by atoms with Gasteiger partial charge in [0.1, 0.15) is 0 Å². The quantitative estimate of drug-likeness (QED) is 0.829. The molecule has 0 saturated heterocycles. The van der Waals surface area contributed by atoms with Crippen LogP contribution in [0.3, 0.4) is 0 Å². The second-order valence-electron chi connectivity index (χ2n) is 6.40. The summed E-state index contributed by atoms with van der Waals surface area (Å²) in [6.07, 6.45) is 5.48. The number of nitrogens with one attached hydrogen (secondary N) is 1. The van der Waals surface area contributed by atoms with E-state index in [-0.39, 0.29) is 0 Å². The molecule has 0 bridgehead atoms. The van der Waals surface area contributed by atoms with Crippen LogP contribution in [0.4, 0.5) is 0 Å². The highest BCUT2D eigenvalue weighted by molar-refractivity contribution is 5.40. The van der Waals surface area contributed by atoms with E-state index in [9.17, 15) is 0 Å². The van der Waals surface area contributed by atoms with Crippen LogP contribution in [0.25, 0.3) is 0 Å². The molecule has 1 aliphatic carbocycles. The summed E-state index contributed by atoms with van der Waals surface area (Å²) >= 11 is 0. The van der Waals surface area contributed by atoms with Gasteiger partial charge in [-0.25, -0.2) is 0 Å². The molecule has 1 aliphatic rings. The molecule has 1 aromatic carbocycles. The van der Waals surface area contributed by atoms with Crippen molar-refractivity contribution in [2.45, 2.75) is 59.4 Å². The fraction of sp³-hybridized carbons (Fsp3) is 0.647. The van der Waals surface area contributed by atoms with E-state index < -0.39 is 0 Å². The highest BCUT2D eigenvalue weighted by Gasteiger charge is 2.38. The molecule has 1 saturated carbocycles. The average Bonchev–Trinajstić information content (AvgIpc) is 2.71. The number of rotatable bonds is 3. The maximum Gasteiger partial charge on any atom is 0.0377 e. The fourth-order valence-corrected chi connectivity index (χ4v) is 3.96. The largest absolute Gasteiger partial charge is 0.313 e. The first-order valence-electron chi connectivity index (χ1n) is 7.23. The predicted octanol–water partition coefficient (Wildman–Crippen LogP) is 4.45. The number of hydrogen-bond acceptors (Lipinski definition) is 1. The van der Waals surface area contributed by atoms with Crippen molar-refractivity contribution in [2.24, 2.45) is 5.41 Å². The lowest BCUT2D eigenvalue weighted by Gasteiger charge is -2.36. The second-order valence-corrected chi connectivity index (χ2v) is 6.40. The summed E-state index contributed by atoms with van der Waals surface area (Å²) < 4.78 is 0. The molecule has 1 nitrogen and oxygen atoms in total. The Balaban J connectivity index is 2.45. The molecule has 0 heterocycles. The summed E-state index contributed by atoms with van der Waals surface area (Å²) in [6.45, 7) is 9.17. The van der Waals surface area contributed by atoms with Crippen molar-refractivity contribution in [3.05, 3.63) is 34.4 Å². The van der Waals surface area contributed by atoms with Crippen molar-refractivity contribution < 1.29 is 0 Å². The van der Waals surface area contributed by atoms with E-state index in [2.05, 4.69) is 52.2 Å². The Kier molecular flexibility index (Phi) is 3.82. The van der Waals surface area contributed by atoms with Crippen LogP contribution >= 0.6 is 0 Å². The van der Waals surface area contributed by atoms with E-state index in [1.807, 2.05) is 0 Å². The van der Waals surface area contributed by atoms with Gasteiger partial charge in [-0.3, -0.25) is 0 Å².